The Morgan fingerprint density at radius 2 is 2.15 bits per heavy atom. The average Bonchev–Trinajstić information content (AvgIpc) is 2.45. The summed E-state index contributed by atoms with van der Waals surface area (Å²) in [7, 11) is 1.96. The Morgan fingerprint density at radius 1 is 1.40 bits per heavy atom. The van der Waals surface area contributed by atoms with E-state index in [0.29, 0.717) is 0 Å². The van der Waals surface area contributed by atoms with Gasteiger partial charge in [0.2, 0.25) is 0 Å². The van der Waals surface area contributed by atoms with E-state index in [2.05, 4.69) is 37.1 Å². The third kappa shape index (κ3) is 4.89. The molecular formula is C17H29N3. The van der Waals surface area contributed by atoms with Crippen LogP contribution in [0.1, 0.15) is 39.5 Å². The number of rotatable bonds is 6. The average molecular weight is 275 g/mol. The summed E-state index contributed by atoms with van der Waals surface area (Å²) in [5.41, 5.74) is 11.9. The molecule has 0 aromatic carbocycles. The summed E-state index contributed by atoms with van der Waals surface area (Å²) < 4.78 is 0. The zero-order valence-electron chi connectivity index (χ0n) is 13.2. The van der Waals surface area contributed by atoms with Crippen LogP contribution in [0.4, 0.5) is 0 Å². The molecule has 0 atom stereocenters. The molecule has 0 unspecified atom stereocenters. The smallest absolute Gasteiger partial charge is 0.0477 e. The van der Waals surface area contributed by atoms with Crippen LogP contribution in [0.2, 0.25) is 0 Å². The van der Waals surface area contributed by atoms with Gasteiger partial charge in [0.25, 0.3) is 0 Å². The van der Waals surface area contributed by atoms with E-state index in [-0.39, 0.29) is 0 Å². The van der Waals surface area contributed by atoms with E-state index < -0.39 is 0 Å². The number of hydrogen-bond donors (Lipinski definition) is 3. The lowest BCUT2D eigenvalue weighted by molar-refractivity contribution is 0.708. The van der Waals surface area contributed by atoms with Gasteiger partial charge in [-0.3, -0.25) is 0 Å². The first-order chi connectivity index (χ1) is 9.60. The number of nitrogens with one attached hydrogen (secondary N) is 2. The molecule has 0 amide bonds. The van der Waals surface area contributed by atoms with Gasteiger partial charge in [-0.15, -0.1) is 0 Å². The van der Waals surface area contributed by atoms with Crippen LogP contribution < -0.4 is 16.4 Å². The zero-order chi connectivity index (χ0) is 15.0. The normalized spacial score (nSPS) is 22.1. The van der Waals surface area contributed by atoms with E-state index >= 15 is 0 Å². The van der Waals surface area contributed by atoms with Gasteiger partial charge in [0.05, 0.1) is 0 Å². The van der Waals surface area contributed by atoms with Crippen molar-refractivity contribution in [3.05, 3.63) is 46.8 Å². The summed E-state index contributed by atoms with van der Waals surface area (Å²) in [5.74, 6) is 0. The highest BCUT2D eigenvalue weighted by Gasteiger charge is 2.12. The highest BCUT2D eigenvalue weighted by Crippen LogP contribution is 2.26. The second-order valence-corrected chi connectivity index (χ2v) is 5.39. The van der Waals surface area contributed by atoms with Crippen LogP contribution in [0.5, 0.6) is 0 Å². The Balaban J connectivity index is 3.09. The number of allylic oxidation sites excluding steroid dienone is 1. The zero-order valence-corrected chi connectivity index (χ0v) is 13.2. The standard InChI is InChI=1S/C17H29N3/c1-5-6-7-8-17-13(2)10-20-12-16(18)9-15(11-19-4)14(17)3/h9,12,19-20H,2,5-8,10-11,18H2,1,3-4H3/b15-9+,16-12+,17-14?. The van der Waals surface area contributed by atoms with E-state index in [1.54, 1.807) is 0 Å². The van der Waals surface area contributed by atoms with Crippen molar-refractivity contribution in [2.24, 2.45) is 5.73 Å². The van der Waals surface area contributed by atoms with Gasteiger partial charge in [-0.1, -0.05) is 26.3 Å². The van der Waals surface area contributed by atoms with Crippen molar-refractivity contribution in [1.29, 1.82) is 0 Å². The van der Waals surface area contributed by atoms with E-state index in [4.69, 9.17) is 5.73 Å². The molecule has 1 heterocycles. The van der Waals surface area contributed by atoms with Gasteiger partial charge in [-0.25, -0.2) is 0 Å². The minimum Gasteiger partial charge on any atom is -0.398 e. The van der Waals surface area contributed by atoms with Gasteiger partial charge in [0.1, 0.15) is 0 Å². The lowest BCUT2D eigenvalue weighted by atomic mass is 9.92. The monoisotopic (exact) mass is 275 g/mol. The van der Waals surface area contributed by atoms with Gasteiger partial charge >= 0.3 is 0 Å². The Labute approximate surface area is 123 Å². The van der Waals surface area contributed by atoms with Crippen molar-refractivity contribution in [3.63, 3.8) is 0 Å². The van der Waals surface area contributed by atoms with Crippen molar-refractivity contribution in [1.82, 2.24) is 10.6 Å². The molecule has 0 radical (unpaired) electrons. The van der Waals surface area contributed by atoms with Crippen LogP contribution >= 0.6 is 0 Å². The maximum absolute atomic E-state index is 6.01. The van der Waals surface area contributed by atoms with Gasteiger partial charge < -0.3 is 16.4 Å². The van der Waals surface area contributed by atoms with E-state index in [9.17, 15) is 0 Å². The SMILES string of the molecule is C=C1CN/C=C(N)\C=C(/CNC)C(C)=C1CCCCC. The first-order valence-electron chi connectivity index (χ1n) is 7.52. The number of hydrogen-bond acceptors (Lipinski definition) is 3. The number of likely N-dealkylation sites (N-methyl/N-ethyl adjacent to an activating group) is 1. The van der Waals surface area contributed by atoms with Crippen molar-refractivity contribution in [2.75, 3.05) is 20.1 Å². The van der Waals surface area contributed by atoms with Crippen LogP contribution in [0.15, 0.2) is 46.8 Å². The maximum atomic E-state index is 6.01. The van der Waals surface area contributed by atoms with Crippen molar-refractivity contribution < 1.29 is 0 Å². The Hall–Kier alpha value is -1.48. The predicted molar refractivity (Wildman–Crippen MR) is 88.3 cm³/mol. The van der Waals surface area contributed by atoms with Crippen LogP contribution in [0.3, 0.4) is 0 Å². The molecule has 1 rings (SSSR count). The molecule has 0 fully saturated rings. The fraction of sp³-hybridized carbons (Fsp3) is 0.529. The molecule has 1 aliphatic heterocycles. The molecule has 0 aromatic heterocycles. The maximum Gasteiger partial charge on any atom is 0.0477 e. The summed E-state index contributed by atoms with van der Waals surface area (Å²) in [6, 6.07) is 0. The molecule has 1 aliphatic rings. The van der Waals surface area contributed by atoms with Crippen LogP contribution in [0, 0.1) is 0 Å². The minimum atomic E-state index is 0.761. The molecule has 0 spiro atoms. The summed E-state index contributed by atoms with van der Waals surface area (Å²) in [5, 5.41) is 6.47. The minimum absolute atomic E-state index is 0.761. The summed E-state index contributed by atoms with van der Waals surface area (Å²) in [6.45, 7) is 10.3. The molecule has 3 nitrogen and oxygen atoms in total. The number of unbranched alkanes of at least 4 members (excludes halogenated alkanes) is 2. The van der Waals surface area contributed by atoms with Crippen LogP contribution in [-0.4, -0.2) is 20.1 Å². The Kier molecular flexibility index (Phi) is 7.16. The Bertz CT molecular complexity index is 428. The quantitative estimate of drug-likeness (QED) is 0.653. The molecule has 4 N–H and O–H groups in total. The largest absolute Gasteiger partial charge is 0.398 e. The van der Waals surface area contributed by atoms with Crippen molar-refractivity contribution in [3.8, 4) is 0 Å². The lowest BCUT2D eigenvalue weighted by Crippen LogP contribution is -2.14. The molecule has 3 heteroatoms. The van der Waals surface area contributed by atoms with Gasteiger partial charge in [-0.05, 0) is 55.2 Å². The van der Waals surface area contributed by atoms with E-state index in [0.717, 1.165) is 25.2 Å². The second-order valence-electron chi connectivity index (χ2n) is 5.39. The highest BCUT2D eigenvalue weighted by atomic mass is 14.8. The second kappa shape index (κ2) is 8.64. The first-order valence-corrected chi connectivity index (χ1v) is 7.52. The van der Waals surface area contributed by atoms with E-state index in [1.165, 1.54) is 41.6 Å². The molecule has 112 valence electrons. The fourth-order valence-electron chi connectivity index (χ4n) is 2.50. The number of nitrogens with two attached hydrogens (primary N) is 1. The molecule has 20 heavy (non-hydrogen) atoms. The van der Waals surface area contributed by atoms with Crippen LogP contribution in [-0.2, 0) is 0 Å². The molecule has 0 aromatic rings. The third-order valence-corrected chi connectivity index (χ3v) is 3.68. The summed E-state index contributed by atoms with van der Waals surface area (Å²) in [6.07, 6.45) is 8.74. The Morgan fingerprint density at radius 3 is 2.80 bits per heavy atom. The fourth-order valence-corrected chi connectivity index (χ4v) is 2.50. The summed E-state index contributed by atoms with van der Waals surface area (Å²) in [4.78, 5) is 0. The third-order valence-electron chi connectivity index (χ3n) is 3.68. The van der Waals surface area contributed by atoms with Crippen LogP contribution in [0.25, 0.3) is 0 Å². The molecule has 0 aliphatic carbocycles. The van der Waals surface area contributed by atoms with Gasteiger partial charge in [0, 0.05) is 25.0 Å². The molecular weight excluding hydrogens is 246 g/mol. The lowest BCUT2D eigenvalue weighted by Gasteiger charge is -2.17. The van der Waals surface area contributed by atoms with E-state index in [1.807, 2.05) is 13.2 Å². The molecule has 0 saturated carbocycles. The predicted octanol–water partition coefficient (Wildman–Crippen LogP) is 2.99. The van der Waals surface area contributed by atoms with Gasteiger partial charge in [-0.2, -0.15) is 0 Å². The van der Waals surface area contributed by atoms with Crippen molar-refractivity contribution in [2.45, 2.75) is 39.5 Å². The molecule has 0 bridgehead atoms. The highest BCUT2D eigenvalue weighted by molar-refractivity contribution is 5.47. The molecule has 0 saturated heterocycles. The topological polar surface area (TPSA) is 50.1 Å². The summed E-state index contributed by atoms with van der Waals surface area (Å²) >= 11 is 0. The first kappa shape index (κ1) is 16.6. The van der Waals surface area contributed by atoms with Crippen molar-refractivity contribution >= 4 is 0 Å². The van der Waals surface area contributed by atoms with Gasteiger partial charge in [0.15, 0.2) is 0 Å².